The zero-order chi connectivity index (χ0) is 10.5. The van der Waals surface area contributed by atoms with Gasteiger partial charge in [0, 0.05) is 0 Å². The Morgan fingerprint density at radius 2 is 1.85 bits per heavy atom. The summed E-state index contributed by atoms with van der Waals surface area (Å²) < 4.78 is 0. The molecule has 5 nitrogen and oxygen atoms in total. The number of aliphatic hydroxyl groups is 2. The monoisotopic (exact) mass is 190 g/mol. The fraction of sp³-hybridized carbons (Fsp3) is 0.875. The standard InChI is InChI=1S/C8H18N2O3/c1-8(5-11,6-12)9-7(13)4-10(2)3/h11-12H,4-6H2,1-3H3,(H,9,13). The first-order chi connectivity index (χ1) is 5.93. The molecule has 0 unspecified atom stereocenters. The number of carbonyl (C=O) groups is 1. The van der Waals surface area contributed by atoms with E-state index in [1.54, 1.807) is 25.9 Å². The molecule has 0 aromatic carbocycles. The predicted octanol–water partition coefficient (Wildman–Crippen LogP) is -1.59. The molecule has 0 fully saturated rings. The van der Waals surface area contributed by atoms with Crippen molar-refractivity contribution in [3.8, 4) is 0 Å². The number of hydrogen-bond donors (Lipinski definition) is 3. The Labute approximate surface area is 78.4 Å². The first-order valence-corrected chi connectivity index (χ1v) is 4.11. The van der Waals surface area contributed by atoms with Crippen molar-refractivity contribution in [3.05, 3.63) is 0 Å². The van der Waals surface area contributed by atoms with Crippen LogP contribution in [0.15, 0.2) is 0 Å². The van der Waals surface area contributed by atoms with E-state index >= 15 is 0 Å². The number of carbonyl (C=O) groups excluding carboxylic acids is 1. The van der Waals surface area contributed by atoms with Crippen molar-refractivity contribution in [3.63, 3.8) is 0 Å². The van der Waals surface area contributed by atoms with E-state index in [0.29, 0.717) is 0 Å². The van der Waals surface area contributed by atoms with Crippen LogP contribution in [-0.4, -0.2) is 60.4 Å². The Bertz CT molecular complexity index is 167. The lowest BCUT2D eigenvalue weighted by Crippen LogP contribution is -2.53. The van der Waals surface area contributed by atoms with Gasteiger partial charge in [-0.05, 0) is 21.0 Å². The van der Waals surface area contributed by atoms with Crippen molar-refractivity contribution in [1.29, 1.82) is 0 Å². The molecule has 5 heteroatoms. The SMILES string of the molecule is CN(C)CC(=O)NC(C)(CO)CO. The molecule has 0 saturated heterocycles. The van der Waals surface area contributed by atoms with Gasteiger partial charge in [0.2, 0.25) is 5.91 Å². The Balaban J connectivity index is 4.02. The minimum atomic E-state index is -0.924. The number of likely N-dealkylation sites (N-methyl/N-ethyl adjacent to an activating group) is 1. The summed E-state index contributed by atoms with van der Waals surface area (Å²) in [5.74, 6) is -0.212. The molecule has 0 rings (SSSR count). The Morgan fingerprint density at radius 1 is 1.38 bits per heavy atom. The molecule has 0 aliphatic rings. The number of hydrogen-bond acceptors (Lipinski definition) is 4. The maximum absolute atomic E-state index is 11.2. The van der Waals surface area contributed by atoms with E-state index in [1.165, 1.54) is 0 Å². The zero-order valence-corrected chi connectivity index (χ0v) is 8.37. The fourth-order valence-electron chi connectivity index (χ4n) is 0.792. The van der Waals surface area contributed by atoms with Crippen molar-refractivity contribution >= 4 is 5.91 Å². The third-order valence-corrected chi connectivity index (χ3v) is 1.60. The molecule has 3 N–H and O–H groups in total. The van der Waals surface area contributed by atoms with E-state index in [4.69, 9.17) is 10.2 Å². The van der Waals surface area contributed by atoms with Crippen LogP contribution in [0.1, 0.15) is 6.92 Å². The second-order valence-corrected chi connectivity index (χ2v) is 3.66. The molecule has 0 spiro atoms. The quantitative estimate of drug-likeness (QED) is 0.488. The Morgan fingerprint density at radius 3 is 2.15 bits per heavy atom. The molecule has 13 heavy (non-hydrogen) atoms. The smallest absolute Gasteiger partial charge is 0.234 e. The van der Waals surface area contributed by atoms with E-state index < -0.39 is 5.54 Å². The average molecular weight is 190 g/mol. The Kier molecular flexibility index (Phi) is 4.90. The van der Waals surface area contributed by atoms with Crippen LogP contribution in [0.4, 0.5) is 0 Å². The summed E-state index contributed by atoms with van der Waals surface area (Å²) in [5, 5.41) is 20.3. The van der Waals surface area contributed by atoms with Crippen LogP contribution in [0.2, 0.25) is 0 Å². The molecule has 78 valence electrons. The van der Waals surface area contributed by atoms with Crippen LogP contribution >= 0.6 is 0 Å². The van der Waals surface area contributed by atoms with Crippen LogP contribution < -0.4 is 5.32 Å². The van der Waals surface area contributed by atoms with Gasteiger partial charge in [-0.1, -0.05) is 0 Å². The topological polar surface area (TPSA) is 72.8 Å². The minimum Gasteiger partial charge on any atom is -0.394 e. The van der Waals surface area contributed by atoms with E-state index in [1.807, 2.05) is 0 Å². The molecule has 0 bridgehead atoms. The lowest BCUT2D eigenvalue weighted by Gasteiger charge is -2.26. The molecule has 0 saturated carbocycles. The second kappa shape index (κ2) is 5.16. The zero-order valence-electron chi connectivity index (χ0n) is 8.37. The van der Waals surface area contributed by atoms with Crippen LogP contribution in [0.3, 0.4) is 0 Å². The van der Waals surface area contributed by atoms with Gasteiger partial charge in [-0.25, -0.2) is 0 Å². The van der Waals surface area contributed by atoms with Gasteiger partial charge in [-0.2, -0.15) is 0 Å². The van der Waals surface area contributed by atoms with Crippen LogP contribution in [0.5, 0.6) is 0 Å². The van der Waals surface area contributed by atoms with Gasteiger partial charge >= 0.3 is 0 Å². The molecule has 1 amide bonds. The third-order valence-electron chi connectivity index (χ3n) is 1.60. The average Bonchev–Trinajstić information content (AvgIpc) is 2.02. The molecule has 0 aromatic heterocycles. The van der Waals surface area contributed by atoms with Crippen LogP contribution in [0, 0.1) is 0 Å². The third kappa shape index (κ3) is 4.82. The summed E-state index contributed by atoms with van der Waals surface area (Å²) in [6.45, 7) is 1.28. The van der Waals surface area contributed by atoms with Gasteiger partial charge in [0.15, 0.2) is 0 Å². The lowest BCUT2D eigenvalue weighted by atomic mass is 10.1. The first-order valence-electron chi connectivity index (χ1n) is 4.11. The lowest BCUT2D eigenvalue weighted by molar-refractivity contribution is -0.124. The second-order valence-electron chi connectivity index (χ2n) is 3.66. The first kappa shape index (κ1) is 12.3. The summed E-state index contributed by atoms with van der Waals surface area (Å²) in [5.41, 5.74) is -0.924. The summed E-state index contributed by atoms with van der Waals surface area (Å²) in [4.78, 5) is 12.9. The van der Waals surface area contributed by atoms with Gasteiger partial charge in [-0.15, -0.1) is 0 Å². The van der Waals surface area contributed by atoms with E-state index in [-0.39, 0.29) is 25.7 Å². The molecule has 0 heterocycles. The normalized spacial score (nSPS) is 11.8. The van der Waals surface area contributed by atoms with E-state index in [0.717, 1.165) is 0 Å². The Hall–Kier alpha value is -0.650. The molecule has 0 aliphatic carbocycles. The van der Waals surface area contributed by atoms with Gasteiger partial charge in [-0.3, -0.25) is 4.79 Å². The molecule has 0 atom stereocenters. The number of rotatable bonds is 5. The number of nitrogens with zero attached hydrogens (tertiary/aromatic N) is 1. The van der Waals surface area contributed by atoms with Crippen molar-refractivity contribution in [2.24, 2.45) is 0 Å². The van der Waals surface area contributed by atoms with Crippen LogP contribution in [-0.2, 0) is 4.79 Å². The van der Waals surface area contributed by atoms with Gasteiger partial charge in [0.25, 0.3) is 0 Å². The molecule has 0 radical (unpaired) electrons. The van der Waals surface area contributed by atoms with Gasteiger partial charge in [0.05, 0.1) is 25.3 Å². The molecule has 0 aromatic rings. The summed E-state index contributed by atoms with van der Waals surface area (Å²) >= 11 is 0. The summed E-state index contributed by atoms with van der Waals surface area (Å²) in [6.07, 6.45) is 0. The number of aliphatic hydroxyl groups excluding tert-OH is 2. The molecular formula is C8H18N2O3. The molecule has 0 aliphatic heterocycles. The maximum Gasteiger partial charge on any atom is 0.234 e. The molecular weight excluding hydrogens is 172 g/mol. The highest BCUT2D eigenvalue weighted by Gasteiger charge is 2.24. The summed E-state index contributed by atoms with van der Waals surface area (Å²) in [6, 6.07) is 0. The van der Waals surface area contributed by atoms with E-state index in [9.17, 15) is 4.79 Å². The van der Waals surface area contributed by atoms with Crippen LogP contribution in [0.25, 0.3) is 0 Å². The van der Waals surface area contributed by atoms with Crippen molar-refractivity contribution in [1.82, 2.24) is 10.2 Å². The fourth-order valence-corrected chi connectivity index (χ4v) is 0.792. The van der Waals surface area contributed by atoms with Crippen molar-refractivity contribution in [2.75, 3.05) is 33.9 Å². The maximum atomic E-state index is 11.2. The number of amides is 1. The minimum absolute atomic E-state index is 0.212. The van der Waals surface area contributed by atoms with Gasteiger partial charge < -0.3 is 20.4 Å². The van der Waals surface area contributed by atoms with Crippen molar-refractivity contribution < 1.29 is 15.0 Å². The van der Waals surface area contributed by atoms with E-state index in [2.05, 4.69) is 5.32 Å². The highest BCUT2D eigenvalue weighted by Crippen LogP contribution is 1.99. The number of nitrogens with one attached hydrogen (secondary N) is 1. The largest absolute Gasteiger partial charge is 0.394 e. The highest BCUT2D eigenvalue weighted by atomic mass is 16.3. The predicted molar refractivity (Wildman–Crippen MR) is 49.3 cm³/mol. The summed E-state index contributed by atoms with van der Waals surface area (Å²) in [7, 11) is 3.55. The highest BCUT2D eigenvalue weighted by molar-refractivity contribution is 5.78. The van der Waals surface area contributed by atoms with Gasteiger partial charge in [0.1, 0.15) is 0 Å². The van der Waals surface area contributed by atoms with Crippen molar-refractivity contribution in [2.45, 2.75) is 12.5 Å².